The fourth-order valence-electron chi connectivity index (χ4n) is 5.60. The molecular weight excluding hydrogens is 637 g/mol. The second-order valence-electron chi connectivity index (χ2n) is 15.0. The van der Waals surface area contributed by atoms with Gasteiger partial charge in [-0.15, -0.1) is 0 Å². The van der Waals surface area contributed by atoms with E-state index in [9.17, 15) is 14.3 Å². The molecule has 0 saturated carbocycles. The zero-order valence-electron chi connectivity index (χ0n) is 32.9. The third-order valence-electron chi connectivity index (χ3n) is 8.82. The van der Waals surface area contributed by atoms with Crippen molar-refractivity contribution in [2.75, 3.05) is 54.1 Å². The zero-order chi connectivity index (χ0) is 36.3. The van der Waals surface area contributed by atoms with Crippen LogP contribution in [-0.2, 0) is 27.9 Å². The number of phosphoric acid groups is 1. The first kappa shape index (κ1) is 48.2. The van der Waals surface area contributed by atoms with Crippen LogP contribution in [0.15, 0.2) is 12.2 Å². The van der Waals surface area contributed by atoms with Crippen LogP contribution in [0.25, 0.3) is 0 Å². The van der Waals surface area contributed by atoms with E-state index in [0.717, 1.165) is 44.9 Å². The summed E-state index contributed by atoms with van der Waals surface area (Å²) in [5.41, 5.74) is 0. The van der Waals surface area contributed by atoms with E-state index in [1.807, 2.05) is 21.1 Å². The Hall–Kier alpha value is -0.760. The number of phosphoric ester groups is 1. The van der Waals surface area contributed by atoms with E-state index < -0.39 is 13.9 Å². The van der Waals surface area contributed by atoms with Gasteiger partial charge in [0.15, 0.2) is 0 Å². The van der Waals surface area contributed by atoms with Gasteiger partial charge in [-0.25, -0.2) is 0 Å². The van der Waals surface area contributed by atoms with E-state index in [4.69, 9.17) is 18.5 Å². The summed E-state index contributed by atoms with van der Waals surface area (Å²) < 4.78 is 34.5. The molecule has 292 valence electrons. The Bertz CT molecular complexity index is 802. The predicted molar refractivity (Wildman–Crippen MR) is 204 cm³/mol. The smallest absolute Gasteiger partial charge is 0.306 e. The van der Waals surface area contributed by atoms with E-state index in [0.29, 0.717) is 24.1 Å². The second-order valence-corrected chi connectivity index (χ2v) is 16.4. The number of ether oxygens (including phenoxy) is 2. The van der Waals surface area contributed by atoms with Crippen molar-refractivity contribution in [3.63, 3.8) is 0 Å². The minimum absolute atomic E-state index is 0.0275. The van der Waals surface area contributed by atoms with Crippen molar-refractivity contribution in [2.24, 2.45) is 0 Å². The molecule has 8 nitrogen and oxygen atoms in total. The van der Waals surface area contributed by atoms with Crippen LogP contribution in [0.5, 0.6) is 0 Å². The minimum atomic E-state index is -4.51. The Morgan fingerprint density at radius 3 is 1.55 bits per heavy atom. The fourth-order valence-corrected chi connectivity index (χ4v) is 6.33. The number of carbonyl (C=O) groups excluding carboxylic acids is 1. The molecule has 0 aliphatic heterocycles. The standard InChI is InChI=1S/C40H80NO7P/c1-6-8-10-12-14-16-18-20-21-23-25-27-29-31-33-40(42)48-39(38-47-49(43,44)46-36-34-41(3,4)5)37-45-35-32-30-28-26-24-22-19-17-15-13-11-9-7-2/h18,20,39H,6-17,19,21-38H2,1-5H3/b20-18-. The van der Waals surface area contributed by atoms with Crippen molar-refractivity contribution in [1.82, 2.24) is 0 Å². The third kappa shape index (κ3) is 38.3. The number of carbonyl (C=O) groups is 1. The average Bonchev–Trinajstić information content (AvgIpc) is 3.04. The Morgan fingerprint density at radius 1 is 0.612 bits per heavy atom. The minimum Gasteiger partial charge on any atom is -0.756 e. The van der Waals surface area contributed by atoms with E-state index >= 15 is 0 Å². The van der Waals surface area contributed by atoms with Gasteiger partial charge in [0, 0.05) is 13.0 Å². The zero-order valence-corrected chi connectivity index (χ0v) is 33.8. The lowest BCUT2D eigenvalue weighted by molar-refractivity contribution is -0.870. The van der Waals surface area contributed by atoms with Gasteiger partial charge in [-0.05, 0) is 38.5 Å². The molecule has 0 aliphatic rings. The predicted octanol–water partition coefficient (Wildman–Crippen LogP) is 10.9. The highest BCUT2D eigenvalue weighted by Gasteiger charge is 2.20. The first-order chi connectivity index (χ1) is 23.6. The lowest BCUT2D eigenvalue weighted by atomic mass is 10.0. The van der Waals surface area contributed by atoms with Crippen LogP contribution in [0.2, 0.25) is 0 Å². The summed E-state index contributed by atoms with van der Waals surface area (Å²) in [6, 6.07) is 0. The average molecular weight is 718 g/mol. The van der Waals surface area contributed by atoms with Gasteiger partial charge in [0.1, 0.15) is 19.3 Å². The van der Waals surface area contributed by atoms with Crippen molar-refractivity contribution in [2.45, 2.75) is 187 Å². The molecule has 0 spiro atoms. The number of quaternary nitrogens is 1. The lowest BCUT2D eigenvalue weighted by Gasteiger charge is -2.28. The molecule has 2 atom stereocenters. The fraction of sp³-hybridized carbons (Fsp3) is 0.925. The quantitative estimate of drug-likeness (QED) is 0.0206. The third-order valence-corrected chi connectivity index (χ3v) is 9.78. The Morgan fingerprint density at radius 2 is 1.06 bits per heavy atom. The molecule has 0 aromatic rings. The summed E-state index contributed by atoms with van der Waals surface area (Å²) in [5.74, 6) is -0.341. The number of rotatable bonds is 38. The van der Waals surface area contributed by atoms with Crippen molar-refractivity contribution in [3.05, 3.63) is 12.2 Å². The van der Waals surface area contributed by atoms with Crippen LogP contribution < -0.4 is 4.89 Å². The largest absolute Gasteiger partial charge is 0.756 e. The molecular formula is C40H80NO7P. The second kappa shape index (κ2) is 34.3. The molecule has 49 heavy (non-hydrogen) atoms. The molecule has 0 saturated heterocycles. The topological polar surface area (TPSA) is 94.1 Å². The molecule has 0 radical (unpaired) electrons. The number of unbranched alkanes of at least 4 members (excludes halogenated alkanes) is 22. The lowest BCUT2D eigenvalue weighted by Crippen LogP contribution is -2.37. The molecule has 2 unspecified atom stereocenters. The highest BCUT2D eigenvalue weighted by molar-refractivity contribution is 7.45. The molecule has 9 heteroatoms. The maximum atomic E-state index is 12.6. The first-order valence-electron chi connectivity index (χ1n) is 20.4. The monoisotopic (exact) mass is 718 g/mol. The van der Waals surface area contributed by atoms with Gasteiger partial charge in [-0.1, -0.05) is 148 Å². The first-order valence-corrected chi connectivity index (χ1v) is 21.9. The van der Waals surface area contributed by atoms with Gasteiger partial charge < -0.3 is 27.9 Å². The van der Waals surface area contributed by atoms with Crippen LogP contribution in [-0.4, -0.2) is 70.7 Å². The Kier molecular flexibility index (Phi) is 33.8. The summed E-state index contributed by atoms with van der Waals surface area (Å²) >= 11 is 0. The number of allylic oxidation sites excluding steroid dienone is 2. The van der Waals surface area contributed by atoms with Gasteiger partial charge in [-0.2, -0.15) is 0 Å². The van der Waals surface area contributed by atoms with E-state index in [-0.39, 0.29) is 25.8 Å². The maximum absolute atomic E-state index is 12.6. The van der Waals surface area contributed by atoms with Crippen LogP contribution in [0.1, 0.15) is 181 Å². The van der Waals surface area contributed by atoms with Crippen LogP contribution in [0.3, 0.4) is 0 Å². The summed E-state index contributed by atoms with van der Waals surface area (Å²) in [7, 11) is 1.36. The van der Waals surface area contributed by atoms with Crippen molar-refractivity contribution in [3.8, 4) is 0 Å². The molecule has 0 aliphatic carbocycles. The van der Waals surface area contributed by atoms with Gasteiger partial charge in [0.2, 0.25) is 0 Å². The van der Waals surface area contributed by atoms with Crippen molar-refractivity contribution < 1.29 is 37.3 Å². The van der Waals surface area contributed by atoms with E-state index in [1.165, 1.54) is 116 Å². The maximum Gasteiger partial charge on any atom is 0.306 e. The van der Waals surface area contributed by atoms with Gasteiger partial charge in [0.25, 0.3) is 7.82 Å². The van der Waals surface area contributed by atoms with Gasteiger partial charge in [-0.3, -0.25) is 9.36 Å². The molecule has 0 rings (SSSR count). The van der Waals surface area contributed by atoms with Crippen molar-refractivity contribution >= 4 is 13.8 Å². The number of nitrogens with zero attached hydrogens (tertiary/aromatic N) is 1. The SMILES string of the molecule is CCCCCCC/C=C\CCCCCCCC(=O)OC(COCCCCCCCCCCCCCCC)COP(=O)([O-])OCC[N+](C)(C)C. The Balaban J connectivity index is 4.27. The summed E-state index contributed by atoms with van der Waals surface area (Å²) in [6.07, 6.45) is 34.9. The summed E-state index contributed by atoms with van der Waals surface area (Å²) in [4.78, 5) is 24.9. The van der Waals surface area contributed by atoms with Crippen molar-refractivity contribution in [1.29, 1.82) is 0 Å². The number of hydrogen-bond donors (Lipinski definition) is 0. The van der Waals surface area contributed by atoms with E-state index in [1.54, 1.807) is 0 Å². The normalized spacial score (nSPS) is 14.0. The van der Waals surface area contributed by atoms with Gasteiger partial charge >= 0.3 is 5.97 Å². The Labute approximate surface area is 303 Å². The van der Waals surface area contributed by atoms with Crippen LogP contribution in [0.4, 0.5) is 0 Å². The molecule has 0 heterocycles. The number of hydrogen-bond acceptors (Lipinski definition) is 7. The molecule has 0 N–H and O–H groups in total. The highest BCUT2D eigenvalue weighted by atomic mass is 31.2. The number of esters is 1. The molecule has 0 bridgehead atoms. The molecule has 0 aromatic carbocycles. The molecule has 0 fully saturated rings. The van der Waals surface area contributed by atoms with Gasteiger partial charge in [0.05, 0.1) is 34.4 Å². The van der Waals surface area contributed by atoms with Crippen LogP contribution >= 0.6 is 7.82 Å². The van der Waals surface area contributed by atoms with E-state index in [2.05, 4.69) is 26.0 Å². The van der Waals surface area contributed by atoms with Crippen LogP contribution in [0, 0.1) is 0 Å². The highest BCUT2D eigenvalue weighted by Crippen LogP contribution is 2.38. The number of likely N-dealkylation sites (N-methyl/N-ethyl adjacent to an activating group) is 1. The summed E-state index contributed by atoms with van der Waals surface area (Å²) in [5, 5.41) is 0. The molecule has 0 aromatic heterocycles. The molecule has 0 amide bonds. The summed E-state index contributed by atoms with van der Waals surface area (Å²) in [6.45, 7) is 5.41.